The van der Waals surface area contributed by atoms with Gasteiger partial charge in [-0.1, -0.05) is 30.8 Å². The van der Waals surface area contributed by atoms with Crippen molar-refractivity contribution in [2.45, 2.75) is 24.7 Å². The molecular weight excluding hydrogens is 404 g/mol. The lowest BCUT2D eigenvalue weighted by atomic mass is 9.69. The van der Waals surface area contributed by atoms with Crippen LogP contribution in [0.3, 0.4) is 0 Å². The average molecular weight is 431 g/mol. The van der Waals surface area contributed by atoms with Crippen LogP contribution in [0, 0.1) is 17.2 Å². The van der Waals surface area contributed by atoms with Gasteiger partial charge in [-0.05, 0) is 36.1 Å². The number of carbonyl (C=O) groups is 1. The lowest BCUT2D eigenvalue weighted by molar-refractivity contribution is -0.116. The number of methoxy groups -OCH3 is 3. The van der Waals surface area contributed by atoms with Gasteiger partial charge in [-0.3, -0.25) is 4.79 Å². The summed E-state index contributed by atoms with van der Waals surface area (Å²) in [5.41, 5.74) is 3.89. The number of hydrogen-bond acceptors (Lipinski definition) is 6. The second-order valence-electron chi connectivity index (χ2n) is 8.01. The van der Waals surface area contributed by atoms with Crippen molar-refractivity contribution < 1.29 is 19.0 Å². The van der Waals surface area contributed by atoms with Gasteiger partial charge in [0.05, 0.1) is 33.3 Å². The Morgan fingerprint density at radius 3 is 2.41 bits per heavy atom. The highest BCUT2D eigenvalue weighted by Crippen LogP contribution is 2.50. The van der Waals surface area contributed by atoms with Crippen molar-refractivity contribution in [2.24, 2.45) is 5.92 Å². The molecule has 2 aromatic rings. The van der Waals surface area contributed by atoms with Crippen LogP contribution in [0.15, 0.2) is 66.0 Å². The fourth-order valence-electron chi connectivity index (χ4n) is 4.81. The van der Waals surface area contributed by atoms with Crippen molar-refractivity contribution in [1.82, 2.24) is 5.32 Å². The molecule has 2 aliphatic rings. The fraction of sp³-hybridized carbons (Fsp3) is 0.308. The molecule has 6 nitrogen and oxygen atoms in total. The summed E-state index contributed by atoms with van der Waals surface area (Å²) in [6, 6.07) is 15.7. The van der Waals surface area contributed by atoms with Crippen LogP contribution in [0.25, 0.3) is 0 Å². The average Bonchev–Trinajstić information content (AvgIpc) is 2.82. The van der Waals surface area contributed by atoms with E-state index in [2.05, 4.69) is 18.0 Å². The molecule has 0 aromatic heterocycles. The van der Waals surface area contributed by atoms with E-state index in [1.54, 1.807) is 27.4 Å². The Hall–Kier alpha value is -3.72. The number of ketones is 1. The molecule has 1 N–H and O–H groups in total. The molecular formula is C26H26N2O4. The number of carbonyl (C=O) groups excluding carboxylic acids is 1. The van der Waals surface area contributed by atoms with Crippen molar-refractivity contribution in [3.05, 3.63) is 77.1 Å². The number of allylic oxidation sites excluding steroid dienone is 3. The zero-order valence-electron chi connectivity index (χ0n) is 18.5. The molecule has 1 aliphatic carbocycles. The minimum atomic E-state index is -0.601. The lowest BCUT2D eigenvalue weighted by Gasteiger charge is -2.39. The van der Waals surface area contributed by atoms with Gasteiger partial charge in [0.25, 0.3) is 0 Å². The van der Waals surface area contributed by atoms with Gasteiger partial charge in [0.2, 0.25) is 0 Å². The van der Waals surface area contributed by atoms with E-state index in [1.165, 1.54) is 0 Å². The van der Waals surface area contributed by atoms with Crippen LogP contribution >= 0.6 is 0 Å². The van der Waals surface area contributed by atoms with Gasteiger partial charge >= 0.3 is 0 Å². The van der Waals surface area contributed by atoms with Crippen LogP contribution in [0.2, 0.25) is 0 Å². The highest BCUT2D eigenvalue weighted by atomic mass is 16.5. The van der Waals surface area contributed by atoms with Crippen molar-refractivity contribution >= 4 is 5.78 Å². The Balaban J connectivity index is 1.80. The Labute approximate surface area is 188 Å². The van der Waals surface area contributed by atoms with Gasteiger partial charge in [-0.15, -0.1) is 0 Å². The van der Waals surface area contributed by atoms with E-state index in [-0.39, 0.29) is 11.7 Å². The van der Waals surface area contributed by atoms with E-state index in [0.717, 1.165) is 22.6 Å². The first-order chi connectivity index (χ1) is 15.5. The molecule has 0 amide bonds. The summed E-state index contributed by atoms with van der Waals surface area (Å²) in [6.45, 7) is 4.11. The Morgan fingerprint density at radius 1 is 1.03 bits per heavy atom. The third-order valence-corrected chi connectivity index (χ3v) is 6.33. The van der Waals surface area contributed by atoms with E-state index in [1.807, 2.05) is 36.4 Å². The second-order valence-corrected chi connectivity index (χ2v) is 8.01. The number of Topliss-reactive ketones (excluding diaryl/α,β-unsaturated/α-hetero) is 1. The summed E-state index contributed by atoms with van der Waals surface area (Å²) >= 11 is 0. The minimum Gasteiger partial charge on any atom is -0.497 e. The molecule has 6 heteroatoms. The number of nitriles is 1. The molecule has 1 heterocycles. The van der Waals surface area contributed by atoms with E-state index in [9.17, 15) is 10.1 Å². The van der Waals surface area contributed by atoms with Gasteiger partial charge in [-0.25, -0.2) is 0 Å². The van der Waals surface area contributed by atoms with Crippen LogP contribution in [0.5, 0.6) is 17.2 Å². The van der Waals surface area contributed by atoms with Crippen molar-refractivity contribution in [2.75, 3.05) is 21.3 Å². The van der Waals surface area contributed by atoms with Crippen LogP contribution < -0.4 is 19.5 Å². The Morgan fingerprint density at radius 2 is 1.78 bits per heavy atom. The summed E-state index contributed by atoms with van der Waals surface area (Å²) in [6.07, 6.45) is 1.04. The normalized spacial score (nSPS) is 22.5. The third-order valence-electron chi connectivity index (χ3n) is 6.33. The molecule has 3 atom stereocenters. The summed E-state index contributed by atoms with van der Waals surface area (Å²) in [5, 5.41) is 13.3. The number of nitrogens with zero attached hydrogens (tertiary/aromatic N) is 1. The number of nitrogens with one attached hydrogen (secondary N) is 1. The Bertz CT molecular complexity index is 1130. The maximum atomic E-state index is 13.5. The number of para-hydroxylation sites is 1. The molecule has 4 rings (SSSR count). The highest BCUT2D eigenvalue weighted by molar-refractivity contribution is 6.00. The monoisotopic (exact) mass is 430 g/mol. The minimum absolute atomic E-state index is 0.0298. The quantitative estimate of drug-likeness (QED) is 0.755. The second kappa shape index (κ2) is 8.80. The molecule has 0 saturated heterocycles. The molecule has 0 bridgehead atoms. The number of ether oxygens (including phenoxy) is 3. The van der Waals surface area contributed by atoms with Crippen molar-refractivity contribution in [3.8, 4) is 23.3 Å². The fourth-order valence-corrected chi connectivity index (χ4v) is 4.81. The summed E-state index contributed by atoms with van der Waals surface area (Å²) in [5.74, 6) is 0.872. The zero-order valence-corrected chi connectivity index (χ0v) is 18.5. The highest BCUT2D eigenvalue weighted by Gasteiger charge is 2.43. The van der Waals surface area contributed by atoms with Crippen LogP contribution in [-0.2, 0) is 4.79 Å². The number of rotatable bonds is 5. The predicted molar refractivity (Wildman–Crippen MR) is 121 cm³/mol. The van der Waals surface area contributed by atoms with Gasteiger partial charge < -0.3 is 19.5 Å². The molecule has 164 valence electrons. The first-order valence-electron chi connectivity index (χ1n) is 10.5. The molecule has 0 radical (unpaired) electrons. The number of hydrogen-bond donors (Lipinski definition) is 1. The van der Waals surface area contributed by atoms with Crippen LogP contribution in [-0.4, -0.2) is 27.1 Å². The topological polar surface area (TPSA) is 80.6 Å². The standard InChI is InChI=1S/C26H26N2O4/c1-15-20(14-27)24(19-6-5-7-23(31-3)26(19)32-4)25-21(28-15)12-17(13-22(25)29)16-8-10-18(30-2)11-9-16/h5-11,17,20,24,28H,1,12-13H2,2-4H3. The van der Waals surface area contributed by atoms with Gasteiger partial charge in [0.1, 0.15) is 5.75 Å². The molecule has 1 aliphatic heterocycles. The number of benzene rings is 2. The van der Waals surface area contributed by atoms with Gasteiger partial charge in [-0.2, -0.15) is 5.26 Å². The van der Waals surface area contributed by atoms with Crippen LogP contribution in [0.4, 0.5) is 0 Å². The van der Waals surface area contributed by atoms with Crippen LogP contribution in [0.1, 0.15) is 35.8 Å². The largest absolute Gasteiger partial charge is 0.497 e. The first-order valence-corrected chi connectivity index (χ1v) is 10.5. The molecule has 0 saturated carbocycles. The molecule has 3 unspecified atom stereocenters. The molecule has 2 aromatic carbocycles. The van der Waals surface area contributed by atoms with Crippen molar-refractivity contribution in [3.63, 3.8) is 0 Å². The zero-order chi connectivity index (χ0) is 22.8. The van der Waals surface area contributed by atoms with E-state index >= 15 is 0 Å². The van der Waals surface area contributed by atoms with E-state index in [0.29, 0.717) is 35.6 Å². The maximum absolute atomic E-state index is 13.5. The lowest BCUT2D eigenvalue weighted by Crippen LogP contribution is -2.38. The SMILES string of the molecule is C=C1NC2=C(C(=O)CC(c3ccc(OC)cc3)C2)C(c2cccc(OC)c2OC)C1C#N. The third kappa shape index (κ3) is 3.60. The van der Waals surface area contributed by atoms with Gasteiger partial charge in [0.15, 0.2) is 17.3 Å². The first kappa shape index (κ1) is 21.5. The van der Waals surface area contributed by atoms with E-state index in [4.69, 9.17) is 14.2 Å². The smallest absolute Gasteiger partial charge is 0.164 e. The van der Waals surface area contributed by atoms with Gasteiger partial charge in [0, 0.05) is 34.9 Å². The molecule has 32 heavy (non-hydrogen) atoms. The molecule has 0 fully saturated rings. The summed E-state index contributed by atoms with van der Waals surface area (Å²) in [4.78, 5) is 13.5. The predicted octanol–water partition coefficient (Wildman–Crippen LogP) is 4.45. The summed E-state index contributed by atoms with van der Waals surface area (Å²) < 4.78 is 16.4. The van der Waals surface area contributed by atoms with E-state index < -0.39 is 11.8 Å². The molecule has 0 spiro atoms. The Kier molecular flexibility index (Phi) is 5.91. The summed E-state index contributed by atoms with van der Waals surface area (Å²) in [7, 11) is 4.77. The van der Waals surface area contributed by atoms with Crippen molar-refractivity contribution in [1.29, 1.82) is 5.26 Å². The maximum Gasteiger partial charge on any atom is 0.164 e.